The lowest BCUT2D eigenvalue weighted by Gasteiger charge is -2.29. The number of esters is 4. The second-order valence-electron chi connectivity index (χ2n) is 11.1. The highest BCUT2D eigenvalue weighted by Gasteiger charge is 2.42. The maximum Gasteiger partial charge on any atom is 0.337 e. The number of carbonyl (C=O) groups is 5. The Morgan fingerprint density at radius 3 is 2.40 bits per heavy atom. The summed E-state index contributed by atoms with van der Waals surface area (Å²) >= 11 is 0. The summed E-state index contributed by atoms with van der Waals surface area (Å²) in [4.78, 5) is 69.2. The summed E-state index contributed by atoms with van der Waals surface area (Å²) in [7, 11) is 2.82. The van der Waals surface area contributed by atoms with Crippen LogP contribution in [-0.2, 0) is 54.0 Å². The van der Waals surface area contributed by atoms with Crippen molar-refractivity contribution in [3.05, 3.63) is 53.9 Å². The van der Waals surface area contributed by atoms with Crippen LogP contribution in [0.5, 0.6) is 11.5 Å². The predicted octanol–water partition coefficient (Wildman–Crippen LogP) is 2.03. The van der Waals surface area contributed by atoms with Crippen LogP contribution in [0.2, 0.25) is 0 Å². The number of nitrogens with zero attached hydrogens (tertiary/aromatic N) is 1. The molecule has 1 unspecified atom stereocenters. The highest BCUT2D eigenvalue weighted by Crippen LogP contribution is 2.30. The topological polar surface area (TPSA) is 184 Å². The van der Waals surface area contributed by atoms with E-state index in [1.165, 1.54) is 40.3 Å². The summed E-state index contributed by atoms with van der Waals surface area (Å²) in [6.45, 7) is 5.49. The van der Waals surface area contributed by atoms with Crippen molar-refractivity contribution in [1.82, 2.24) is 10.3 Å². The number of methoxy groups -OCH3 is 2. The third-order valence-corrected chi connectivity index (χ3v) is 7.16. The fourth-order valence-electron chi connectivity index (χ4n) is 4.51. The Hall–Kier alpha value is -4.76. The van der Waals surface area contributed by atoms with Gasteiger partial charge in [-0.25, -0.2) is 14.6 Å². The van der Waals surface area contributed by atoms with Crippen molar-refractivity contribution in [2.75, 3.05) is 40.8 Å². The van der Waals surface area contributed by atoms with Crippen LogP contribution in [-0.4, -0.2) is 100.0 Å². The van der Waals surface area contributed by atoms with Gasteiger partial charge in [-0.15, -0.1) is 0 Å². The fraction of sp³-hybridized carbons (Fsp3) is 0.515. The monoisotopic (exact) mass is 674 g/mol. The summed E-state index contributed by atoms with van der Waals surface area (Å²) in [5, 5.41) is 2.46. The van der Waals surface area contributed by atoms with Gasteiger partial charge < -0.3 is 43.2 Å². The number of cyclic esters (lactones) is 2. The average Bonchev–Trinajstić information content (AvgIpc) is 3.10. The van der Waals surface area contributed by atoms with Crippen molar-refractivity contribution >= 4 is 29.8 Å². The fourth-order valence-corrected chi connectivity index (χ4v) is 4.51. The minimum atomic E-state index is -1.48. The van der Waals surface area contributed by atoms with Crippen LogP contribution in [0.1, 0.15) is 43.7 Å². The highest BCUT2D eigenvalue weighted by molar-refractivity contribution is 5.98. The van der Waals surface area contributed by atoms with Gasteiger partial charge in [0.25, 0.3) is 5.91 Å². The molecule has 0 bridgehead atoms. The standard InChI is InChI=1S/C33H42N2O13/c1-19(2)30(37)48-27-20(3)47-33(40)24(17-44-32(39)23(27)16-22-10-8-7-9-11-22)35-29(36)26-28(25(42-6)12-13-34-26)45-18-46-31(38)21(4)43-15-14-41-5/h7-13,19-21,23-24,27H,14-18H2,1-6H3,(H,35,36)/t20-,21?,23+,24-,27-/m0/s1. The molecular weight excluding hydrogens is 632 g/mol. The number of benzene rings is 1. The van der Waals surface area contributed by atoms with Crippen LogP contribution < -0.4 is 14.8 Å². The van der Waals surface area contributed by atoms with Crippen molar-refractivity contribution in [2.24, 2.45) is 11.8 Å². The molecule has 0 saturated carbocycles. The quantitative estimate of drug-likeness (QED) is 0.125. The molecule has 48 heavy (non-hydrogen) atoms. The highest BCUT2D eigenvalue weighted by atomic mass is 16.7. The number of pyridine rings is 1. The third-order valence-electron chi connectivity index (χ3n) is 7.16. The minimum absolute atomic E-state index is 0.0752. The Morgan fingerprint density at radius 1 is 1.00 bits per heavy atom. The van der Waals surface area contributed by atoms with E-state index < -0.39 is 79.4 Å². The second kappa shape index (κ2) is 18.5. The molecule has 1 saturated heterocycles. The Kier molecular flexibility index (Phi) is 14.6. The Labute approximate surface area is 278 Å². The molecule has 2 aromatic rings. The van der Waals surface area contributed by atoms with Crippen molar-refractivity contribution in [3.8, 4) is 11.5 Å². The van der Waals surface area contributed by atoms with Gasteiger partial charge in [0.05, 0.1) is 26.2 Å². The number of carbonyl (C=O) groups excluding carboxylic acids is 5. The zero-order valence-corrected chi connectivity index (χ0v) is 27.8. The molecule has 1 N–H and O–H groups in total. The molecule has 15 nitrogen and oxygen atoms in total. The molecule has 1 aliphatic heterocycles. The lowest BCUT2D eigenvalue weighted by molar-refractivity contribution is -0.176. The summed E-state index contributed by atoms with van der Waals surface area (Å²) in [6, 6.07) is 8.96. The van der Waals surface area contributed by atoms with Crippen LogP contribution in [0.25, 0.3) is 0 Å². The van der Waals surface area contributed by atoms with Crippen LogP contribution >= 0.6 is 0 Å². The van der Waals surface area contributed by atoms with Crippen molar-refractivity contribution in [1.29, 1.82) is 0 Å². The van der Waals surface area contributed by atoms with Crippen molar-refractivity contribution in [3.63, 3.8) is 0 Å². The van der Waals surface area contributed by atoms with Crippen LogP contribution in [0.4, 0.5) is 0 Å². The smallest absolute Gasteiger partial charge is 0.337 e. The van der Waals surface area contributed by atoms with E-state index in [2.05, 4.69) is 10.3 Å². The predicted molar refractivity (Wildman–Crippen MR) is 166 cm³/mol. The summed E-state index contributed by atoms with van der Waals surface area (Å²) in [6.07, 6.45) is -1.79. The van der Waals surface area contributed by atoms with E-state index in [1.54, 1.807) is 38.1 Å². The zero-order valence-electron chi connectivity index (χ0n) is 27.8. The first-order chi connectivity index (χ1) is 23.0. The Morgan fingerprint density at radius 2 is 1.73 bits per heavy atom. The van der Waals surface area contributed by atoms with Gasteiger partial charge in [0.15, 0.2) is 35.4 Å². The number of aromatic nitrogens is 1. The second-order valence-corrected chi connectivity index (χ2v) is 11.1. The molecule has 0 radical (unpaired) electrons. The first-order valence-corrected chi connectivity index (χ1v) is 15.3. The largest absolute Gasteiger partial charge is 0.493 e. The van der Waals surface area contributed by atoms with E-state index >= 15 is 0 Å². The zero-order chi connectivity index (χ0) is 35.2. The molecule has 1 aromatic heterocycles. The van der Waals surface area contributed by atoms with Gasteiger partial charge in [-0.3, -0.25) is 14.4 Å². The molecule has 0 spiro atoms. The maximum absolute atomic E-state index is 13.5. The van der Waals surface area contributed by atoms with Gasteiger partial charge >= 0.3 is 23.9 Å². The number of amides is 1. The molecule has 15 heteroatoms. The number of nitrogens with one attached hydrogen (secondary N) is 1. The number of ether oxygens (including phenoxy) is 8. The molecule has 1 fully saturated rings. The summed E-state index contributed by atoms with van der Waals surface area (Å²) in [5.74, 6) is -5.60. The lowest BCUT2D eigenvalue weighted by atomic mass is 9.91. The lowest BCUT2D eigenvalue weighted by Crippen LogP contribution is -2.47. The molecule has 2 heterocycles. The van der Waals surface area contributed by atoms with Gasteiger partial charge in [-0.05, 0) is 25.8 Å². The van der Waals surface area contributed by atoms with E-state index in [4.69, 9.17) is 37.9 Å². The maximum atomic E-state index is 13.5. The van der Waals surface area contributed by atoms with Gasteiger partial charge in [0.1, 0.15) is 18.6 Å². The third kappa shape index (κ3) is 10.6. The number of hydrogen-bond acceptors (Lipinski definition) is 14. The first kappa shape index (κ1) is 37.7. The van der Waals surface area contributed by atoms with Crippen molar-refractivity contribution in [2.45, 2.75) is 58.5 Å². The summed E-state index contributed by atoms with van der Waals surface area (Å²) in [5.41, 5.74) is 0.440. The van der Waals surface area contributed by atoms with Crippen LogP contribution in [0.3, 0.4) is 0 Å². The molecule has 1 aromatic carbocycles. The molecular formula is C33H42N2O13. The first-order valence-electron chi connectivity index (χ1n) is 15.3. The Bertz CT molecular complexity index is 1400. The van der Waals surface area contributed by atoms with E-state index in [0.717, 1.165) is 5.56 Å². The van der Waals surface area contributed by atoms with Crippen LogP contribution in [0.15, 0.2) is 42.6 Å². The number of hydrogen-bond donors (Lipinski definition) is 1. The van der Waals surface area contributed by atoms with Crippen molar-refractivity contribution < 1.29 is 61.9 Å². The molecule has 0 aliphatic carbocycles. The molecule has 1 aliphatic rings. The molecule has 262 valence electrons. The van der Waals surface area contributed by atoms with E-state index in [9.17, 15) is 24.0 Å². The molecule has 1 amide bonds. The van der Waals surface area contributed by atoms with Gasteiger partial charge in [-0.2, -0.15) is 0 Å². The van der Waals surface area contributed by atoms with E-state index in [0.29, 0.717) is 0 Å². The molecule has 5 atom stereocenters. The van der Waals surface area contributed by atoms with Gasteiger partial charge in [0.2, 0.25) is 6.79 Å². The Balaban J connectivity index is 1.79. The van der Waals surface area contributed by atoms with Crippen LogP contribution in [0, 0.1) is 11.8 Å². The van der Waals surface area contributed by atoms with E-state index in [1.807, 2.05) is 6.07 Å². The minimum Gasteiger partial charge on any atom is -0.493 e. The number of rotatable bonds is 15. The van der Waals surface area contributed by atoms with E-state index in [-0.39, 0.29) is 36.8 Å². The normalized spacial score (nSPS) is 20.2. The SMILES string of the molecule is COCCOC(C)C(=O)OCOc1c(OC)ccnc1C(=O)N[C@H]1COC(=O)[C@H](Cc2ccccc2)[C@@H](OC(=O)C(C)C)[C@H](C)OC1=O. The van der Waals surface area contributed by atoms with Gasteiger partial charge in [-0.1, -0.05) is 44.2 Å². The average molecular weight is 675 g/mol. The van der Waals surface area contributed by atoms with Gasteiger partial charge in [0, 0.05) is 19.4 Å². The summed E-state index contributed by atoms with van der Waals surface area (Å²) < 4.78 is 43.0. The molecule has 3 rings (SSSR count).